The van der Waals surface area contributed by atoms with E-state index < -0.39 is 0 Å². The average Bonchev–Trinajstić information content (AvgIpc) is 3.19. The van der Waals surface area contributed by atoms with E-state index in [1.807, 2.05) is 18.2 Å². The van der Waals surface area contributed by atoms with Crippen LogP contribution in [0.3, 0.4) is 0 Å². The van der Waals surface area contributed by atoms with Crippen molar-refractivity contribution in [3.8, 4) is 0 Å². The Bertz CT molecular complexity index is 1380. The molecule has 0 saturated heterocycles. The second-order valence-electron chi connectivity index (χ2n) is 9.03. The Kier molecular flexibility index (Phi) is 5.47. The summed E-state index contributed by atoms with van der Waals surface area (Å²) in [5.41, 5.74) is 3.81. The first kappa shape index (κ1) is 21.5. The summed E-state index contributed by atoms with van der Waals surface area (Å²) in [6.07, 6.45) is 0.880. The van der Waals surface area contributed by atoms with Crippen LogP contribution in [0.2, 0.25) is 0 Å². The highest BCUT2D eigenvalue weighted by Gasteiger charge is 2.50. The molecule has 34 heavy (non-hydrogen) atoms. The Morgan fingerprint density at radius 2 is 1.65 bits per heavy atom. The molecule has 4 aromatic carbocycles. The van der Waals surface area contributed by atoms with Gasteiger partial charge in [-0.2, -0.15) is 0 Å². The van der Waals surface area contributed by atoms with Crippen molar-refractivity contribution in [2.75, 3.05) is 5.32 Å². The summed E-state index contributed by atoms with van der Waals surface area (Å²) in [6, 6.07) is 30.5. The number of halogens is 1. The third-order valence-electron chi connectivity index (χ3n) is 7.21. The van der Waals surface area contributed by atoms with Gasteiger partial charge < -0.3 is 5.32 Å². The number of thioether (sulfide) groups is 1. The van der Waals surface area contributed by atoms with Crippen LogP contribution in [0.4, 0.5) is 11.4 Å². The molecule has 2 aliphatic rings. The average molecular weight is 487 g/mol. The lowest BCUT2D eigenvalue weighted by atomic mass is 9.75. The number of rotatable bonds is 4. The minimum absolute atomic E-state index is 0.0655. The van der Waals surface area contributed by atoms with Crippen molar-refractivity contribution >= 4 is 45.5 Å². The molecule has 6 heteroatoms. The van der Waals surface area contributed by atoms with E-state index in [0.29, 0.717) is 4.90 Å². The molecule has 6 rings (SSSR count). The van der Waals surface area contributed by atoms with Crippen LogP contribution in [0.25, 0.3) is 10.8 Å². The molecule has 0 amide bonds. The number of nitrogens with one attached hydrogen (secondary N) is 1. The molecule has 170 valence electrons. The van der Waals surface area contributed by atoms with Crippen LogP contribution in [-0.4, -0.2) is 15.6 Å². The summed E-state index contributed by atoms with van der Waals surface area (Å²) < 4.78 is 0. The predicted octanol–water partition coefficient (Wildman–Crippen LogP) is 7.79. The standard InChI is InChI=1S/C28H23ClN2O2S/c29-27-24(34-23-13-7-6-12-22(23)31(32)33)16-20-26(27)25-19-11-5-4-8-17(19)14-15-21(25)30-28(20)18-9-2-1-3-10-18/h1-15,20,24,26-28,30H,16H2/t20-,24+,26+,27+,28+/m0/s1. The van der Waals surface area contributed by atoms with Gasteiger partial charge in [-0.15, -0.1) is 23.4 Å². The SMILES string of the molecule is O=[N+]([O-])c1ccccc1S[C@@H]1C[C@H]2[C@H](c3c(ccc4ccccc34)N[C@@H]2c2ccccc2)[C@@H]1Cl. The number of hydrogen-bond acceptors (Lipinski definition) is 4. The number of nitrogens with zero attached hydrogens (tertiary/aromatic N) is 1. The number of anilines is 1. The van der Waals surface area contributed by atoms with Gasteiger partial charge in [-0.3, -0.25) is 10.1 Å². The van der Waals surface area contributed by atoms with E-state index >= 15 is 0 Å². The minimum Gasteiger partial charge on any atom is -0.378 e. The van der Waals surface area contributed by atoms with Gasteiger partial charge in [0.1, 0.15) is 0 Å². The van der Waals surface area contributed by atoms with Crippen molar-refractivity contribution < 1.29 is 4.92 Å². The molecule has 0 radical (unpaired) electrons. The zero-order chi connectivity index (χ0) is 23.2. The second-order valence-corrected chi connectivity index (χ2v) is 10.8. The molecule has 4 nitrogen and oxygen atoms in total. The summed E-state index contributed by atoms with van der Waals surface area (Å²) in [7, 11) is 0. The van der Waals surface area contributed by atoms with E-state index in [9.17, 15) is 10.1 Å². The number of hydrogen-bond donors (Lipinski definition) is 1. The van der Waals surface area contributed by atoms with Gasteiger partial charge in [0.25, 0.3) is 5.69 Å². The molecule has 4 aromatic rings. The number of nitro benzene ring substituents is 1. The first-order valence-electron chi connectivity index (χ1n) is 11.5. The maximum absolute atomic E-state index is 11.6. The summed E-state index contributed by atoms with van der Waals surface area (Å²) in [4.78, 5) is 12.0. The molecule has 0 unspecified atom stereocenters. The van der Waals surface area contributed by atoms with Crippen LogP contribution >= 0.6 is 23.4 Å². The molecule has 1 heterocycles. The maximum atomic E-state index is 11.6. The fourth-order valence-corrected chi connectivity index (χ4v) is 7.69. The van der Waals surface area contributed by atoms with Gasteiger partial charge in [0, 0.05) is 22.9 Å². The van der Waals surface area contributed by atoms with Gasteiger partial charge in [0.15, 0.2) is 0 Å². The van der Waals surface area contributed by atoms with E-state index in [2.05, 4.69) is 66.0 Å². The van der Waals surface area contributed by atoms with E-state index in [0.717, 1.165) is 12.1 Å². The van der Waals surface area contributed by atoms with Crippen LogP contribution in [0.5, 0.6) is 0 Å². The number of fused-ring (bicyclic) bond motifs is 5. The van der Waals surface area contributed by atoms with Gasteiger partial charge in [-0.25, -0.2) is 0 Å². The van der Waals surface area contributed by atoms with Gasteiger partial charge >= 0.3 is 0 Å². The second kappa shape index (κ2) is 8.64. The third kappa shape index (κ3) is 3.55. The number of benzene rings is 4. The minimum atomic E-state index is -0.301. The molecule has 1 aliphatic heterocycles. The predicted molar refractivity (Wildman–Crippen MR) is 140 cm³/mol. The summed E-state index contributed by atoms with van der Waals surface area (Å²) in [5.74, 6) is 0.429. The highest BCUT2D eigenvalue weighted by molar-refractivity contribution is 8.00. The molecule has 1 fully saturated rings. The summed E-state index contributed by atoms with van der Waals surface area (Å²) >= 11 is 8.85. The van der Waals surface area contributed by atoms with Crippen LogP contribution in [-0.2, 0) is 0 Å². The Balaban J connectivity index is 1.46. The normalized spacial score (nSPS) is 25.4. The van der Waals surface area contributed by atoms with E-state index in [-0.39, 0.29) is 39.1 Å². The van der Waals surface area contributed by atoms with E-state index in [4.69, 9.17) is 11.6 Å². The van der Waals surface area contributed by atoms with Crippen molar-refractivity contribution in [2.45, 2.75) is 33.9 Å². The quantitative estimate of drug-likeness (QED) is 0.182. The zero-order valence-corrected chi connectivity index (χ0v) is 19.9. The first-order valence-corrected chi connectivity index (χ1v) is 12.8. The highest BCUT2D eigenvalue weighted by atomic mass is 35.5. The molecule has 5 atom stereocenters. The highest BCUT2D eigenvalue weighted by Crippen LogP contribution is 2.59. The molecule has 0 aromatic heterocycles. The largest absolute Gasteiger partial charge is 0.378 e. The summed E-state index contributed by atoms with van der Waals surface area (Å²) in [5, 5.41) is 17.8. The van der Waals surface area contributed by atoms with E-state index in [1.165, 1.54) is 21.9 Å². The van der Waals surface area contributed by atoms with E-state index in [1.54, 1.807) is 23.9 Å². The lowest BCUT2D eigenvalue weighted by Gasteiger charge is -2.39. The fourth-order valence-electron chi connectivity index (χ4n) is 5.76. The number of nitro groups is 1. The van der Waals surface area contributed by atoms with Crippen molar-refractivity contribution in [3.05, 3.63) is 112 Å². The summed E-state index contributed by atoms with van der Waals surface area (Å²) in [6.45, 7) is 0. The van der Waals surface area contributed by atoms with Crippen LogP contribution in [0.1, 0.15) is 29.5 Å². The first-order chi connectivity index (χ1) is 16.6. The van der Waals surface area contributed by atoms with Crippen molar-refractivity contribution in [1.29, 1.82) is 0 Å². The lowest BCUT2D eigenvalue weighted by Crippen LogP contribution is -2.31. The van der Waals surface area contributed by atoms with Crippen LogP contribution < -0.4 is 5.32 Å². The smallest absolute Gasteiger partial charge is 0.282 e. The molecular weight excluding hydrogens is 464 g/mol. The van der Waals surface area contributed by atoms with Gasteiger partial charge in [0.05, 0.1) is 21.2 Å². The Hall–Kier alpha value is -3.02. The maximum Gasteiger partial charge on any atom is 0.282 e. The van der Waals surface area contributed by atoms with Crippen molar-refractivity contribution in [1.82, 2.24) is 0 Å². The van der Waals surface area contributed by atoms with Gasteiger partial charge in [-0.05, 0) is 46.4 Å². The van der Waals surface area contributed by atoms with Gasteiger partial charge in [0.2, 0.25) is 0 Å². The molecule has 0 bridgehead atoms. The monoisotopic (exact) mass is 486 g/mol. The molecule has 0 spiro atoms. The van der Waals surface area contributed by atoms with Crippen molar-refractivity contribution in [2.24, 2.45) is 5.92 Å². The lowest BCUT2D eigenvalue weighted by molar-refractivity contribution is -0.387. The van der Waals surface area contributed by atoms with Gasteiger partial charge in [-0.1, -0.05) is 72.8 Å². The van der Waals surface area contributed by atoms with Crippen LogP contribution in [0.15, 0.2) is 95.9 Å². The number of para-hydroxylation sites is 1. The van der Waals surface area contributed by atoms with Crippen LogP contribution in [0, 0.1) is 16.0 Å². The Labute approximate surface area is 207 Å². The molecular formula is C28H23ClN2O2S. The topological polar surface area (TPSA) is 55.2 Å². The molecule has 1 saturated carbocycles. The number of alkyl halides is 1. The van der Waals surface area contributed by atoms with Crippen molar-refractivity contribution in [3.63, 3.8) is 0 Å². The third-order valence-corrected chi connectivity index (χ3v) is 9.32. The zero-order valence-electron chi connectivity index (χ0n) is 18.3. The fraction of sp³-hybridized carbons (Fsp3) is 0.214. The Morgan fingerprint density at radius 3 is 2.47 bits per heavy atom. The molecule has 1 N–H and O–H groups in total. The Morgan fingerprint density at radius 1 is 0.912 bits per heavy atom. The molecule has 1 aliphatic carbocycles.